The van der Waals surface area contributed by atoms with Crippen molar-refractivity contribution in [2.24, 2.45) is 0 Å². The predicted octanol–water partition coefficient (Wildman–Crippen LogP) is 4.47. The molecule has 0 unspecified atom stereocenters. The van der Waals surface area contributed by atoms with Crippen molar-refractivity contribution in [3.8, 4) is 5.75 Å². The molecule has 1 aliphatic rings. The summed E-state index contributed by atoms with van der Waals surface area (Å²) < 4.78 is 5.14. The van der Waals surface area contributed by atoms with Crippen molar-refractivity contribution in [1.82, 2.24) is 5.32 Å². The Kier molecular flexibility index (Phi) is 7.33. The molecule has 1 atom stereocenters. The first-order chi connectivity index (χ1) is 14.5. The molecule has 6 nitrogen and oxygen atoms in total. The number of methoxy groups -OCH3 is 1. The maximum Gasteiger partial charge on any atom is 0.255 e. The van der Waals surface area contributed by atoms with Crippen LogP contribution < -0.4 is 20.3 Å². The third-order valence-corrected chi connectivity index (χ3v) is 5.54. The fraction of sp³-hybridized carbons (Fsp3) is 0.417. The molecule has 0 saturated carbocycles. The number of carbonyl (C=O) groups is 2. The van der Waals surface area contributed by atoms with Crippen LogP contribution in [0.5, 0.6) is 5.75 Å². The molecular formula is C24H31N3O3. The van der Waals surface area contributed by atoms with Crippen molar-refractivity contribution in [2.45, 2.75) is 45.6 Å². The summed E-state index contributed by atoms with van der Waals surface area (Å²) in [6, 6.07) is 12.6. The Balaban J connectivity index is 1.84. The van der Waals surface area contributed by atoms with E-state index >= 15 is 0 Å². The number of nitrogens with one attached hydrogen (secondary N) is 2. The molecule has 3 rings (SSSR count). The van der Waals surface area contributed by atoms with E-state index in [1.54, 1.807) is 37.4 Å². The van der Waals surface area contributed by atoms with Crippen LogP contribution in [0.25, 0.3) is 0 Å². The number of anilines is 2. The molecule has 0 spiro atoms. The number of benzene rings is 2. The second-order valence-corrected chi connectivity index (χ2v) is 7.75. The number of hydrogen-bond acceptors (Lipinski definition) is 4. The van der Waals surface area contributed by atoms with E-state index in [0.29, 0.717) is 22.6 Å². The van der Waals surface area contributed by atoms with Gasteiger partial charge < -0.3 is 20.3 Å². The number of carbonyl (C=O) groups excluding carboxylic acids is 2. The fourth-order valence-corrected chi connectivity index (χ4v) is 3.56. The monoisotopic (exact) mass is 409 g/mol. The standard InChI is InChI=1S/C24H31N3O3/c1-4-17(2)25-24(29)21-16-19(10-13-22(21)27-14-6-5-7-15-27)26-23(28)18-8-11-20(30-3)12-9-18/h8-13,16-17H,4-7,14-15H2,1-3H3,(H,25,29)(H,26,28)/t17-/m0/s1. The molecule has 2 aromatic carbocycles. The Labute approximate surface area is 178 Å². The maximum atomic E-state index is 13.0. The van der Waals surface area contributed by atoms with Gasteiger partial charge in [-0.25, -0.2) is 0 Å². The maximum absolute atomic E-state index is 13.0. The van der Waals surface area contributed by atoms with E-state index in [2.05, 4.69) is 15.5 Å². The molecule has 1 heterocycles. The minimum atomic E-state index is -0.225. The van der Waals surface area contributed by atoms with E-state index in [-0.39, 0.29) is 17.9 Å². The summed E-state index contributed by atoms with van der Waals surface area (Å²) in [5, 5.41) is 5.97. The van der Waals surface area contributed by atoms with Crippen molar-refractivity contribution >= 4 is 23.2 Å². The lowest BCUT2D eigenvalue weighted by molar-refractivity contribution is 0.0938. The molecule has 0 radical (unpaired) electrons. The molecule has 1 aliphatic heterocycles. The van der Waals surface area contributed by atoms with E-state index in [4.69, 9.17) is 4.74 Å². The highest BCUT2D eigenvalue weighted by Crippen LogP contribution is 2.28. The highest BCUT2D eigenvalue weighted by atomic mass is 16.5. The largest absolute Gasteiger partial charge is 0.497 e. The highest BCUT2D eigenvalue weighted by Gasteiger charge is 2.20. The molecule has 30 heavy (non-hydrogen) atoms. The number of ether oxygens (including phenoxy) is 1. The van der Waals surface area contributed by atoms with Gasteiger partial charge in [0.05, 0.1) is 12.7 Å². The van der Waals surface area contributed by atoms with Gasteiger partial charge in [0.2, 0.25) is 0 Å². The Morgan fingerprint density at radius 2 is 1.73 bits per heavy atom. The molecule has 1 saturated heterocycles. The number of amides is 2. The van der Waals surface area contributed by atoms with Gasteiger partial charge in [0, 0.05) is 36.1 Å². The van der Waals surface area contributed by atoms with Gasteiger partial charge in [-0.05, 0) is 75.1 Å². The quantitative estimate of drug-likeness (QED) is 0.708. The van der Waals surface area contributed by atoms with Crippen LogP contribution in [-0.2, 0) is 0 Å². The van der Waals surface area contributed by atoms with Crippen LogP contribution >= 0.6 is 0 Å². The number of hydrogen-bond donors (Lipinski definition) is 2. The number of piperidine rings is 1. The summed E-state index contributed by atoms with van der Waals surface area (Å²) in [5.74, 6) is 0.364. The predicted molar refractivity (Wildman–Crippen MR) is 121 cm³/mol. The molecule has 6 heteroatoms. The van der Waals surface area contributed by atoms with E-state index in [0.717, 1.165) is 38.0 Å². The minimum absolute atomic E-state index is 0.0873. The van der Waals surface area contributed by atoms with Gasteiger partial charge in [-0.15, -0.1) is 0 Å². The van der Waals surface area contributed by atoms with Gasteiger partial charge in [-0.2, -0.15) is 0 Å². The fourth-order valence-electron chi connectivity index (χ4n) is 3.56. The van der Waals surface area contributed by atoms with Gasteiger partial charge in [0.1, 0.15) is 5.75 Å². The second kappa shape index (κ2) is 10.1. The van der Waals surface area contributed by atoms with Crippen molar-refractivity contribution < 1.29 is 14.3 Å². The zero-order chi connectivity index (χ0) is 21.5. The normalized spacial score (nSPS) is 14.7. The zero-order valence-electron chi connectivity index (χ0n) is 18.0. The second-order valence-electron chi connectivity index (χ2n) is 7.75. The topological polar surface area (TPSA) is 70.7 Å². The molecule has 2 amide bonds. The van der Waals surface area contributed by atoms with Gasteiger partial charge in [-0.3, -0.25) is 9.59 Å². The van der Waals surface area contributed by atoms with Crippen LogP contribution in [0.2, 0.25) is 0 Å². The number of nitrogens with zero attached hydrogens (tertiary/aromatic N) is 1. The Morgan fingerprint density at radius 1 is 1.03 bits per heavy atom. The molecule has 160 valence electrons. The Bertz CT molecular complexity index is 874. The van der Waals surface area contributed by atoms with Crippen molar-refractivity contribution in [1.29, 1.82) is 0 Å². The van der Waals surface area contributed by atoms with Crippen LogP contribution in [-0.4, -0.2) is 38.1 Å². The summed E-state index contributed by atoms with van der Waals surface area (Å²) in [6.07, 6.45) is 4.34. The molecule has 2 N–H and O–H groups in total. The van der Waals surface area contributed by atoms with Crippen molar-refractivity contribution in [3.63, 3.8) is 0 Å². The lowest BCUT2D eigenvalue weighted by Crippen LogP contribution is -2.35. The summed E-state index contributed by atoms with van der Waals surface area (Å²) in [6.45, 7) is 5.93. The van der Waals surface area contributed by atoms with Crippen LogP contribution in [0.1, 0.15) is 60.2 Å². The van der Waals surface area contributed by atoms with Crippen molar-refractivity contribution in [3.05, 3.63) is 53.6 Å². The Hall–Kier alpha value is -3.02. The smallest absolute Gasteiger partial charge is 0.255 e. The molecule has 0 aliphatic carbocycles. The SMILES string of the molecule is CC[C@H](C)NC(=O)c1cc(NC(=O)c2ccc(OC)cc2)ccc1N1CCCCC1. The van der Waals surface area contributed by atoms with Crippen LogP contribution in [0.3, 0.4) is 0 Å². The highest BCUT2D eigenvalue weighted by molar-refractivity contribution is 6.06. The molecular weight excluding hydrogens is 378 g/mol. The third kappa shape index (κ3) is 5.32. The molecule has 2 aromatic rings. The first kappa shape index (κ1) is 21.7. The molecule has 1 fully saturated rings. The average molecular weight is 410 g/mol. The van der Waals surface area contributed by atoms with Gasteiger partial charge in [0.15, 0.2) is 0 Å². The van der Waals surface area contributed by atoms with Gasteiger partial charge >= 0.3 is 0 Å². The molecule has 0 bridgehead atoms. The summed E-state index contributed by atoms with van der Waals surface area (Å²) >= 11 is 0. The van der Waals surface area contributed by atoms with Crippen LogP contribution in [0.15, 0.2) is 42.5 Å². The summed E-state index contributed by atoms with van der Waals surface area (Å²) in [7, 11) is 1.59. The minimum Gasteiger partial charge on any atom is -0.497 e. The van der Waals surface area contributed by atoms with E-state index in [1.807, 2.05) is 26.0 Å². The van der Waals surface area contributed by atoms with Gasteiger partial charge in [0.25, 0.3) is 11.8 Å². The summed E-state index contributed by atoms with van der Waals surface area (Å²) in [5.41, 5.74) is 2.66. The third-order valence-electron chi connectivity index (χ3n) is 5.54. The first-order valence-electron chi connectivity index (χ1n) is 10.7. The molecule has 0 aromatic heterocycles. The van der Waals surface area contributed by atoms with Crippen LogP contribution in [0, 0.1) is 0 Å². The van der Waals surface area contributed by atoms with Crippen molar-refractivity contribution in [2.75, 3.05) is 30.4 Å². The number of rotatable bonds is 7. The van der Waals surface area contributed by atoms with E-state index < -0.39 is 0 Å². The summed E-state index contributed by atoms with van der Waals surface area (Å²) in [4.78, 5) is 27.9. The Morgan fingerprint density at radius 3 is 2.37 bits per heavy atom. The first-order valence-corrected chi connectivity index (χ1v) is 10.7. The van der Waals surface area contributed by atoms with E-state index in [1.165, 1.54) is 6.42 Å². The van der Waals surface area contributed by atoms with Gasteiger partial charge in [-0.1, -0.05) is 6.92 Å². The lowest BCUT2D eigenvalue weighted by Gasteiger charge is -2.31. The van der Waals surface area contributed by atoms with Crippen LogP contribution in [0.4, 0.5) is 11.4 Å². The average Bonchev–Trinajstić information content (AvgIpc) is 2.79. The lowest BCUT2D eigenvalue weighted by atomic mass is 10.0. The van der Waals surface area contributed by atoms with E-state index in [9.17, 15) is 9.59 Å². The zero-order valence-corrected chi connectivity index (χ0v) is 18.0.